The van der Waals surface area contributed by atoms with E-state index >= 15 is 0 Å². The molecule has 3 N–H and O–H groups in total. The van der Waals surface area contributed by atoms with E-state index in [1.807, 2.05) is 12.1 Å². The third-order valence-corrected chi connectivity index (χ3v) is 4.63. The monoisotopic (exact) mass is 421 g/mol. The van der Waals surface area contributed by atoms with Gasteiger partial charge in [-0.05, 0) is 31.0 Å². The summed E-state index contributed by atoms with van der Waals surface area (Å²) < 4.78 is 13.4. The van der Waals surface area contributed by atoms with Crippen LogP contribution in [-0.4, -0.2) is 33.3 Å². The molecule has 31 heavy (non-hydrogen) atoms. The summed E-state index contributed by atoms with van der Waals surface area (Å²) in [5.74, 6) is 0.537. The van der Waals surface area contributed by atoms with Crippen LogP contribution < -0.4 is 15.5 Å². The van der Waals surface area contributed by atoms with Crippen molar-refractivity contribution in [1.82, 2.24) is 20.2 Å². The lowest BCUT2D eigenvalue weighted by Gasteiger charge is -2.22. The van der Waals surface area contributed by atoms with E-state index in [-0.39, 0.29) is 0 Å². The molecule has 0 bridgehead atoms. The van der Waals surface area contributed by atoms with Gasteiger partial charge in [0, 0.05) is 30.5 Å². The maximum absolute atomic E-state index is 13.4. The molecule has 0 aliphatic carbocycles. The largest absolute Gasteiger partial charge is 0.357 e. The minimum Gasteiger partial charge on any atom is -0.357 e. The van der Waals surface area contributed by atoms with Crippen LogP contribution in [0.25, 0.3) is 11.4 Å². The lowest BCUT2D eigenvalue weighted by atomic mass is 10.2. The Morgan fingerprint density at radius 1 is 1.03 bits per heavy atom. The average Bonchev–Trinajstić information content (AvgIpc) is 3.22. The van der Waals surface area contributed by atoms with Crippen LogP contribution in [-0.2, 0) is 0 Å². The van der Waals surface area contributed by atoms with Gasteiger partial charge >= 0.3 is 0 Å². The van der Waals surface area contributed by atoms with Crippen molar-refractivity contribution in [2.45, 2.75) is 26.7 Å². The fraction of sp³-hybridized carbons (Fsp3) is 0.261. The first-order valence-electron chi connectivity index (χ1n) is 10.3. The maximum atomic E-state index is 13.4. The topological polar surface area (TPSA) is 81.8 Å². The Kier molecular flexibility index (Phi) is 7.37. The molecule has 0 spiro atoms. The van der Waals surface area contributed by atoms with Crippen LogP contribution in [0.3, 0.4) is 0 Å². The number of rotatable bonds is 11. The number of hydrogen-bond donors (Lipinski definition) is 3. The van der Waals surface area contributed by atoms with Gasteiger partial charge in [0.25, 0.3) is 0 Å². The number of aromatic amines is 1. The Labute approximate surface area is 182 Å². The number of aromatic nitrogens is 4. The van der Waals surface area contributed by atoms with Gasteiger partial charge in [0.15, 0.2) is 0 Å². The maximum Gasteiger partial charge on any atom is 0.142 e. The van der Waals surface area contributed by atoms with Crippen LogP contribution in [0.5, 0.6) is 0 Å². The molecular weight excluding hydrogens is 393 g/mol. The lowest BCUT2D eigenvalue weighted by molar-refractivity contribution is 0.621. The molecule has 3 aromatic heterocycles. The highest BCUT2D eigenvalue weighted by atomic mass is 19.1. The van der Waals surface area contributed by atoms with Crippen molar-refractivity contribution in [2.75, 3.05) is 28.6 Å². The van der Waals surface area contributed by atoms with Gasteiger partial charge in [-0.25, -0.2) is 9.37 Å². The van der Waals surface area contributed by atoms with Gasteiger partial charge in [0.1, 0.15) is 17.3 Å². The number of H-pyrrole nitrogens is 1. The summed E-state index contributed by atoms with van der Waals surface area (Å²) in [6.07, 6.45) is 8.25. The van der Waals surface area contributed by atoms with Gasteiger partial charge < -0.3 is 15.5 Å². The van der Waals surface area contributed by atoms with Gasteiger partial charge in [-0.3, -0.25) is 10.1 Å². The van der Waals surface area contributed by atoms with Gasteiger partial charge in [0.05, 0.1) is 35.7 Å². The zero-order chi connectivity index (χ0) is 22.2. The van der Waals surface area contributed by atoms with E-state index in [0.29, 0.717) is 28.3 Å². The molecule has 7 nitrogen and oxygen atoms in total. The van der Waals surface area contributed by atoms with Gasteiger partial charge in [0.2, 0.25) is 0 Å². The number of hydrogen-bond acceptors (Lipinski definition) is 6. The number of anilines is 3. The van der Waals surface area contributed by atoms with Crippen LogP contribution >= 0.6 is 0 Å². The van der Waals surface area contributed by atoms with Crippen LogP contribution in [0.2, 0.25) is 0 Å². The van der Waals surface area contributed by atoms with E-state index in [1.165, 1.54) is 6.07 Å². The van der Waals surface area contributed by atoms with Crippen molar-refractivity contribution < 1.29 is 4.39 Å². The molecule has 0 unspecified atom stereocenters. The lowest BCUT2D eigenvalue weighted by Crippen LogP contribution is -2.25. The molecule has 0 radical (unpaired) electrons. The minimum absolute atomic E-state index is 0.425. The van der Waals surface area contributed by atoms with E-state index in [9.17, 15) is 4.39 Å². The zero-order valence-electron chi connectivity index (χ0n) is 18.0. The van der Waals surface area contributed by atoms with Crippen molar-refractivity contribution in [2.24, 2.45) is 0 Å². The van der Waals surface area contributed by atoms with Crippen molar-refractivity contribution in [3.8, 4) is 0 Å². The van der Waals surface area contributed by atoms with Crippen molar-refractivity contribution >= 4 is 28.6 Å². The molecule has 0 aliphatic rings. The fourth-order valence-corrected chi connectivity index (χ4v) is 3.19. The van der Waals surface area contributed by atoms with Gasteiger partial charge in [-0.15, -0.1) is 0 Å². The number of halogens is 1. The summed E-state index contributed by atoms with van der Waals surface area (Å²) in [5.41, 5.74) is 3.80. The van der Waals surface area contributed by atoms with E-state index in [0.717, 1.165) is 43.6 Å². The van der Waals surface area contributed by atoms with E-state index in [2.05, 4.69) is 62.7 Å². The van der Waals surface area contributed by atoms with Crippen molar-refractivity contribution in [1.29, 1.82) is 0 Å². The third kappa shape index (κ3) is 5.69. The molecule has 0 aliphatic heterocycles. The van der Waals surface area contributed by atoms with E-state index < -0.39 is 5.82 Å². The van der Waals surface area contributed by atoms with Crippen molar-refractivity contribution in [3.63, 3.8) is 0 Å². The average molecular weight is 422 g/mol. The molecule has 8 heteroatoms. The SMILES string of the molecule is C=C(Nc1cn[nH]c1C(=C)Nc1ccc(N(CCC)CCC)nc1)c1cncc(F)c1. The first kappa shape index (κ1) is 22.0. The number of nitrogens with zero attached hydrogens (tertiary/aromatic N) is 4. The minimum atomic E-state index is -0.425. The summed E-state index contributed by atoms with van der Waals surface area (Å²) >= 11 is 0. The highest BCUT2D eigenvalue weighted by molar-refractivity contribution is 5.84. The first-order chi connectivity index (χ1) is 15.0. The molecular formula is C23H28FN7. The first-order valence-corrected chi connectivity index (χ1v) is 10.3. The Bertz CT molecular complexity index is 1020. The molecule has 3 aromatic rings. The molecule has 3 rings (SSSR count). The predicted molar refractivity (Wildman–Crippen MR) is 125 cm³/mol. The zero-order valence-corrected chi connectivity index (χ0v) is 18.0. The summed E-state index contributed by atoms with van der Waals surface area (Å²) in [7, 11) is 0. The molecule has 162 valence electrons. The Morgan fingerprint density at radius 2 is 1.81 bits per heavy atom. The van der Waals surface area contributed by atoms with Crippen LogP contribution in [0.1, 0.15) is 37.9 Å². The highest BCUT2D eigenvalue weighted by Crippen LogP contribution is 2.25. The highest BCUT2D eigenvalue weighted by Gasteiger charge is 2.12. The Balaban J connectivity index is 1.68. The molecule has 3 heterocycles. The summed E-state index contributed by atoms with van der Waals surface area (Å²) in [6, 6.07) is 5.35. The van der Waals surface area contributed by atoms with E-state index in [1.54, 1.807) is 18.6 Å². The summed E-state index contributed by atoms with van der Waals surface area (Å²) in [4.78, 5) is 10.7. The summed E-state index contributed by atoms with van der Waals surface area (Å²) in [5, 5.41) is 13.4. The standard InChI is InChI=1S/C23H28FN7/c1-5-9-31(10-6-2)22-8-7-20(14-26-22)28-17(4)23-21(15-27-30-23)29-16(3)18-11-19(24)13-25-12-18/h7-8,11-15,28-29H,3-6,9-10H2,1-2H3,(H,27,30). The van der Waals surface area contributed by atoms with Crippen molar-refractivity contribution in [3.05, 3.63) is 73.2 Å². The van der Waals surface area contributed by atoms with Crippen LogP contribution in [0, 0.1) is 5.82 Å². The number of pyridine rings is 2. The molecule has 0 amide bonds. The molecule has 0 aromatic carbocycles. The number of nitrogens with one attached hydrogen (secondary N) is 3. The third-order valence-electron chi connectivity index (χ3n) is 4.63. The predicted octanol–water partition coefficient (Wildman–Crippen LogP) is 5.13. The molecule has 0 saturated heterocycles. The van der Waals surface area contributed by atoms with E-state index in [4.69, 9.17) is 0 Å². The normalized spacial score (nSPS) is 10.5. The molecule has 0 atom stereocenters. The second-order valence-electron chi connectivity index (χ2n) is 7.15. The molecule has 0 saturated carbocycles. The Hall–Kier alpha value is -3.68. The second-order valence-corrected chi connectivity index (χ2v) is 7.15. The quantitative estimate of drug-likeness (QED) is 0.398. The fourth-order valence-electron chi connectivity index (χ4n) is 3.19. The summed E-state index contributed by atoms with van der Waals surface area (Å²) in [6.45, 7) is 14.3. The van der Waals surface area contributed by atoms with Gasteiger partial charge in [-0.2, -0.15) is 5.10 Å². The smallest absolute Gasteiger partial charge is 0.142 e. The second kappa shape index (κ2) is 10.4. The molecule has 0 fully saturated rings. The van der Waals surface area contributed by atoms with Crippen LogP contribution in [0.15, 0.2) is 56.1 Å². The van der Waals surface area contributed by atoms with Gasteiger partial charge in [-0.1, -0.05) is 27.0 Å². The van der Waals surface area contributed by atoms with Crippen LogP contribution in [0.4, 0.5) is 21.6 Å². The Morgan fingerprint density at radius 3 is 2.45 bits per heavy atom.